The van der Waals surface area contributed by atoms with Gasteiger partial charge in [-0.25, -0.2) is 4.98 Å². The fourth-order valence-electron chi connectivity index (χ4n) is 4.15. The third kappa shape index (κ3) is 3.21. The topological polar surface area (TPSA) is 79.7 Å². The Hall–Kier alpha value is -3.45. The Bertz CT molecular complexity index is 1210. The number of Topliss-reactive ketones (excluding diaryl/α,β-unsaturated/α-hetero) is 1. The summed E-state index contributed by atoms with van der Waals surface area (Å²) in [6.45, 7) is 3.95. The van der Waals surface area contributed by atoms with Gasteiger partial charge in [-0.3, -0.25) is 14.5 Å². The smallest absolute Gasteiger partial charge is 0.301 e. The number of nitrogens with zero attached hydrogens (tertiary/aromatic N) is 2. The van der Waals surface area contributed by atoms with Gasteiger partial charge in [-0.1, -0.05) is 29.8 Å². The van der Waals surface area contributed by atoms with Crippen molar-refractivity contribution in [3.63, 3.8) is 0 Å². The normalized spacial score (nSPS) is 21.9. The number of ether oxygens (including phenoxy) is 1. The van der Waals surface area contributed by atoms with Crippen LogP contribution in [0.25, 0.3) is 5.76 Å². The molecule has 0 aliphatic carbocycles. The molecule has 1 saturated heterocycles. The number of rotatable bonds is 3. The van der Waals surface area contributed by atoms with Crippen molar-refractivity contribution in [2.24, 2.45) is 0 Å². The number of thiazole rings is 1. The molecule has 1 N–H and O–H groups in total. The van der Waals surface area contributed by atoms with Crippen molar-refractivity contribution in [2.45, 2.75) is 32.4 Å². The van der Waals surface area contributed by atoms with Crippen molar-refractivity contribution in [1.29, 1.82) is 0 Å². The summed E-state index contributed by atoms with van der Waals surface area (Å²) in [6, 6.07) is 12.2. The van der Waals surface area contributed by atoms with E-state index in [9.17, 15) is 14.7 Å². The summed E-state index contributed by atoms with van der Waals surface area (Å²) in [5.74, 6) is -0.823. The molecule has 0 saturated carbocycles. The Kier molecular flexibility index (Phi) is 4.63. The molecule has 7 heteroatoms. The van der Waals surface area contributed by atoms with Crippen molar-refractivity contribution in [2.75, 3.05) is 4.90 Å². The van der Waals surface area contributed by atoms with Crippen LogP contribution < -0.4 is 9.64 Å². The fourth-order valence-corrected chi connectivity index (χ4v) is 4.82. The van der Waals surface area contributed by atoms with Crippen LogP contribution in [0.15, 0.2) is 59.6 Å². The zero-order chi connectivity index (χ0) is 21.7. The average Bonchev–Trinajstić information content (AvgIpc) is 3.46. The third-order valence-corrected chi connectivity index (χ3v) is 6.40. The highest BCUT2D eigenvalue weighted by Gasteiger charge is 2.48. The number of fused-ring (bicyclic) bond motifs is 1. The van der Waals surface area contributed by atoms with Crippen LogP contribution in [0.2, 0.25) is 0 Å². The first-order chi connectivity index (χ1) is 14.9. The molecule has 5 rings (SSSR count). The number of aryl methyl sites for hydroxylation is 1. The Morgan fingerprint density at radius 1 is 1.19 bits per heavy atom. The van der Waals surface area contributed by atoms with Crippen LogP contribution in [0.3, 0.4) is 0 Å². The average molecular weight is 433 g/mol. The first kappa shape index (κ1) is 19.5. The summed E-state index contributed by atoms with van der Waals surface area (Å²) >= 11 is 1.27. The minimum atomic E-state index is -0.754. The van der Waals surface area contributed by atoms with E-state index in [2.05, 4.69) is 4.98 Å². The lowest BCUT2D eigenvalue weighted by molar-refractivity contribution is -0.132. The number of aliphatic hydroxyl groups is 1. The predicted molar refractivity (Wildman–Crippen MR) is 118 cm³/mol. The van der Waals surface area contributed by atoms with Gasteiger partial charge >= 0.3 is 5.91 Å². The maximum Gasteiger partial charge on any atom is 0.301 e. The Morgan fingerprint density at radius 2 is 1.97 bits per heavy atom. The van der Waals surface area contributed by atoms with Crippen LogP contribution in [-0.2, 0) is 16.0 Å². The highest BCUT2D eigenvalue weighted by Crippen LogP contribution is 2.43. The van der Waals surface area contributed by atoms with Crippen LogP contribution in [0.5, 0.6) is 5.75 Å². The molecule has 6 nitrogen and oxygen atoms in total. The van der Waals surface area contributed by atoms with Crippen molar-refractivity contribution < 1.29 is 19.4 Å². The fraction of sp³-hybridized carbons (Fsp3) is 0.208. The highest BCUT2D eigenvalue weighted by atomic mass is 32.1. The predicted octanol–water partition coefficient (Wildman–Crippen LogP) is 4.40. The minimum Gasteiger partial charge on any atom is -0.507 e. The van der Waals surface area contributed by atoms with Gasteiger partial charge in [0.05, 0.1) is 11.6 Å². The van der Waals surface area contributed by atoms with Gasteiger partial charge in [0.15, 0.2) is 5.13 Å². The molecule has 0 bridgehead atoms. The Balaban J connectivity index is 1.68. The number of anilines is 1. The first-order valence-electron chi connectivity index (χ1n) is 10.0. The van der Waals surface area contributed by atoms with Crippen LogP contribution >= 0.6 is 11.3 Å². The lowest BCUT2D eigenvalue weighted by Gasteiger charge is -2.23. The number of aliphatic hydroxyl groups excluding tert-OH is 1. The molecule has 3 heterocycles. The van der Waals surface area contributed by atoms with Crippen LogP contribution in [0.4, 0.5) is 5.13 Å². The maximum absolute atomic E-state index is 13.1. The quantitative estimate of drug-likeness (QED) is 0.377. The molecule has 2 aromatic carbocycles. The van der Waals surface area contributed by atoms with E-state index in [1.807, 2.05) is 44.2 Å². The number of ketones is 1. The molecular weight excluding hydrogens is 412 g/mol. The monoisotopic (exact) mass is 432 g/mol. The Morgan fingerprint density at radius 3 is 2.68 bits per heavy atom. The van der Waals surface area contributed by atoms with Crippen molar-refractivity contribution in [3.8, 4) is 5.75 Å². The number of hydrogen-bond acceptors (Lipinski definition) is 6. The van der Waals surface area contributed by atoms with Crippen LogP contribution in [0.1, 0.15) is 35.2 Å². The van der Waals surface area contributed by atoms with Crippen LogP contribution in [-0.4, -0.2) is 27.9 Å². The van der Waals surface area contributed by atoms with Gasteiger partial charge in [0.2, 0.25) is 0 Å². The molecule has 31 heavy (non-hydrogen) atoms. The number of aromatic nitrogens is 1. The van der Waals surface area contributed by atoms with Gasteiger partial charge in [-0.2, -0.15) is 0 Å². The minimum absolute atomic E-state index is 0.0652. The second-order valence-corrected chi connectivity index (χ2v) is 8.72. The molecule has 2 aliphatic rings. The number of hydrogen-bond donors (Lipinski definition) is 1. The number of benzene rings is 2. The van der Waals surface area contributed by atoms with E-state index in [4.69, 9.17) is 4.74 Å². The summed E-state index contributed by atoms with van der Waals surface area (Å²) in [6.07, 6.45) is 2.38. The molecule has 0 radical (unpaired) electrons. The maximum atomic E-state index is 13.1. The molecule has 0 spiro atoms. The summed E-state index contributed by atoms with van der Waals surface area (Å²) < 4.78 is 5.74. The van der Waals surface area contributed by atoms with Crippen molar-refractivity contribution in [3.05, 3.63) is 81.9 Å². The standard InChI is InChI=1S/C24H20N2O4S/c1-13-3-5-15(6-4-13)20-19(22(28)23(29)26(20)24-25-9-10-31-24)21(27)16-7-8-18-17(12-16)11-14(2)30-18/h3-10,12,14,20,27H,11H2,1-2H3/b21-19+/t14-,20-/m1/s1. The molecule has 3 aromatic rings. The van der Waals surface area contributed by atoms with Gasteiger partial charge in [0, 0.05) is 23.6 Å². The second-order valence-electron chi connectivity index (χ2n) is 7.85. The molecule has 2 aliphatic heterocycles. The van der Waals surface area contributed by atoms with Gasteiger partial charge in [-0.05, 0) is 43.2 Å². The van der Waals surface area contributed by atoms with Gasteiger partial charge in [0.1, 0.15) is 17.6 Å². The molecule has 156 valence electrons. The number of amides is 1. The molecule has 0 unspecified atom stereocenters. The van der Waals surface area contributed by atoms with E-state index in [0.717, 1.165) is 28.9 Å². The van der Waals surface area contributed by atoms with E-state index in [-0.39, 0.29) is 17.4 Å². The van der Waals surface area contributed by atoms with Gasteiger partial charge in [-0.15, -0.1) is 11.3 Å². The SMILES string of the molecule is Cc1ccc([C@@H]2/C(=C(\O)c3ccc4c(c3)C[C@@H](C)O4)C(=O)C(=O)N2c2nccs2)cc1. The van der Waals surface area contributed by atoms with Gasteiger partial charge in [0.25, 0.3) is 5.78 Å². The largest absolute Gasteiger partial charge is 0.507 e. The van der Waals surface area contributed by atoms with Crippen molar-refractivity contribution in [1.82, 2.24) is 4.98 Å². The van der Waals surface area contributed by atoms with Crippen LogP contribution in [0, 0.1) is 6.92 Å². The lowest BCUT2D eigenvalue weighted by atomic mass is 9.94. The summed E-state index contributed by atoms with van der Waals surface area (Å²) in [7, 11) is 0. The molecule has 1 amide bonds. The van der Waals surface area contributed by atoms with E-state index in [1.54, 1.807) is 23.7 Å². The van der Waals surface area contributed by atoms with E-state index in [1.165, 1.54) is 16.2 Å². The second kappa shape index (κ2) is 7.35. The van der Waals surface area contributed by atoms with E-state index < -0.39 is 17.7 Å². The molecular formula is C24H20N2O4S. The zero-order valence-corrected chi connectivity index (χ0v) is 17.8. The summed E-state index contributed by atoms with van der Waals surface area (Å²) in [5.41, 5.74) is 3.32. The van der Waals surface area contributed by atoms with E-state index >= 15 is 0 Å². The molecule has 1 fully saturated rings. The van der Waals surface area contributed by atoms with E-state index in [0.29, 0.717) is 10.7 Å². The molecule has 1 aromatic heterocycles. The molecule has 2 atom stereocenters. The van der Waals surface area contributed by atoms with Gasteiger partial charge < -0.3 is 9.84 Å². The summed E-state index contributed by atoms with van der Waals surface area (Å²) in [5, 5.41) is 13.4. The highest BCUT2D eigenvalue weighted by molar-refractivity contribution is 7.14. The third-order valence-electron chi connectivity index (χ3n) is 5.63. The first-order valence-corrected chi connectivity index (χ1v) is 10.9. The lowest BCUT2D eigenvalue weighted by Crippen LogP contribution is -2.29. The Labute approximate surface area is 183 Å². The number of carbonyl (C=O) groups excluding carboxylic acids is 2. The zero-order valence-electron chi connectivity index (χ0n) is 17.0. The van der Waals surface area contributed by atoms with Crippen molar-refractivity contribution >= 4 is 33.9 Å². The number of carbonyl (C=O) groups is 2. The summed E-state index contributed by atoms with van der Waals surface area (Å²) in [4.78, 5) is 31.7.